The van der Waals surface area contributed by atoms with Crippen LogP contribution in [-0.2, 0) is 10.1 Å². The van der Waals surface area contributed by atoms with Crippen LogP contribution in [0.15, 0.2) is 0 Å². The SMILES string of the molecule is [CH2]CCCCCCO[O]. The molecule has 0 spiro atoms. The maximum absolute atomic E-state index is 9.45. The molecule has 0 bridgehead atoms. The molecule has 0 N–H and O–H groups in total. The third-order valence-corrected chi connectivity index (χ3v) is 1.23. The molecular weight excluding hydrogens is 116 g/mol. The normalized spacial score (nSPS) is 10.0. The third-order valence-electron chi connectivity index (χ3n) is 1.23. The highest BCUT2D eigenvalue weighted by Gasteiger charge is 1.87. The first-order valence-electron chi connectivity index (χ1n) is 3.46. The monoisotopic (exact) mass is 130 g/mol. The minimum absolute atomic E-state index is 0.358. The van der Waals surface area contributed by atoms with E-state index in [1.54, 1.807) is 0 Å². The quantitative estimate of drug-likeness (QED) is 0.307. The summed E-state index contributed by atoms with van der Waals surface area (Å²) in [7, 11) is 0. The highest BCUT2D eigenvalue weighted by Crippen LogP contribution is 2.01. The summed E-state index contributed by atoms with van der Waals surface area (Å²) in [4.78, 5) is 3.66. The lowest BCUT2D eigenvalue weighted by Gasteiger charge is -1.94. The summed E-state index contributed by atoms with van der Waals surface area (Å²) < 4.78 is 0. The zero-order valence-electron chi connectivity index (χ0n) is 5.77. The van der Waals surface area contributed by atoms with E-state index in [4.69, 9.17) is 0 Å². The summed E-state index contributed by atoms with van der Waals surface area (Å²) in [6, 6.07) is 0. The van der Waals surface area contributed by atoms with E-state index in [0.29, 0.717) is 6.61 Å². The van der Waals surface area contributed by atoms with Crippen LogP contribution in [0.25, 0.3) is 0 Å². The van der Waals surface area contributed by atoms with E-state index in [-0.39, 0.29) is 0 Å². The fourth-order valence-electron chi connectivity index (χ4n) is 0.691. The van der Waals surface area contributed by atoms with Gasteiger partial charge in [-0.05, 0) is 11.7 Å². The molecule has 0 aromatic heterocycles. The van der Waals surface area contributed by atoms with Crippen molar-refractivity contribution in [2.75, 3.05) is 6.61 Å². The molecule has 0 unspecified atom stereocenters. The minimum atomic E-state index is 0.358. The summed E-state index contributed by atoms with van der Waals surface area (Å²) in [6.45, 7) is 4.07. The van der Waals surface area contributed by atoms with Crippen molar-refractivity contribution in [2.45, 2.75) is 32.1 Å². The zero-order valence-corrected chi connectivity index (χ0v) is 5.77. The van der Waals surface area contributed by atoms with E-state index in [1.165, 1.54) is 12.8 Å². The highest BCUT2D eigenvalue weighted by molar-refractivity contribution is 4.43. The van der Waals surface area contributed by atoms with Crippen molar-refractivity contribution in [3.63, 3.8) is 0 Å². The molecule has 0 aliphatic rings. The fraction of sp³-hybridized carbons (Fsp3) is 0.857. The topological polar surface area (TPSA) is 29.1 Å². The highest BCUT2D eigenvalue weighted by atomic mass is 17.1. The first-order valence-corrected chi connectivity index (χ1v) is 3.46. The summed E-state index contributed by atoms with van der Waals surface area (Å²) in [6.07, 6.45) is 5.32. The summed E-state index contributed by atoms with van der Waals surface area (Å²) in [5.74, 6) is 0. The van der Waals surface area contributed by atoms with Gasteiger partial charge in [-0.1, -0.05) is 32.6 Å². The maximum atomic E-state index is 9.45. The molecule has 0 saturated heterocycles. The van der Waals surface area contributed by atoms with Gasteiger partial charge in [-0.2, -0.15) is 0 Å². The van der Waals surface area contributed by atoms with Crippen LogP contribution < -0.4 is 0 Å². The Morgan fingerprint density at radius 2 is 1.78 bits per heavy atom. The molecule has 0 saturated carbocycles. The van der Waals surface area contributed by atoms with Crippen molar-refractivity contribution < 1.29 is 10.1 Å². The molecule has 0 aliphatic heterocycles. The largest absolute Gasteiger partial charge is 0.204 e. The van der Waals surface area contributed by atoms with Gasteiger partial charge in [0, 0.05) is 0 Å². The summed E-state index contributed by atoms with van der Waals surface area (Å²) in [5, 5.41) is 9.45. The lowest BCUT2D eigenvalue weighted by atomic mass is 10.2. The predicted molar refractivity (Wildman–Crippen MR) is 35.1 cm³/mol. The van der Waals surface area contributed by atoms with Crippen LogP contribution in [0.3, 0.4) is 0 Å². The van der Waals surface area contributed by atoms with Gasteiger partial charge >= 0.3 is 0 Å². The summed E-state index contributed by atoms with van der Waals surface area (Å²) >= 11 is 0. The Morgan fingerprint density at radius 3 is 2.33 bits per heavy atom. The van der Waals surface area contributed by atoms with Crippen LogP contribution in [0.2, 0.25) is 0 Å². The Kier molecular flexibility index (Phi) is 7.85. The molecule has 0 aliphatic carbocycles. The van der Waals surface area contributed by atoms with E-state index in [1.807, 2.05) is 0 Å². The van der Waals surface area contributed by atoms with Crippen LogP contribution in [0, 0.1) is 6.92 Å². The van der Waals surface area contributed by atoms with Gasteiger partial charge in [0.15, 0.2) is 0 Å². The molecule has 0 atom stereocenters. The van der Waals surface area contributed by atoms with Crippen molar-refractivity contribution >= 4 is 0 Å². The average Bonchev–Trinajstić information content (AvgIpc) is 1.89. The second kappa shape index (κ2) is 7.92. The molecule has 0 amide bonds. The zero-order chi connectivity index (χ0) is 6.95. The van der Waals surface area contributed by atoms with Crippen molar-refractivity contribution in [3.05, 3.63) is 6.92 Å². The molecule has 0 aromatic rings. The van der Waals surface area contributed by atoms with Gasteiger partial charge in [-0.3, -0.25) is 0 Å². The van der Waals surface area contributed by atoms with E-state index in [0.717, 1.165) is 19.3 Å². The number of hydrogen-bond donors (Lipinski definition) is 0. The molecule has 0 aromatic carbocycles. The molecular formula is C7H14O2. The molecule has 2 nitrogen and oxygen atoms in total. The second-order valence-corrected chi connectivity index (χ2v) is 2.09. The van der Waals surface area contributed by atoms with Crippen LogP contribution in [0.1, 0.15) is 32.1 Å². The average molecular weight is 130 g/mol. The fourth-order valence-corrected chi connectivity index (χ4v) is 0.691. The smallest absolute Gasteiger partial charge is 0.0854 e. The van der Waals surface area contributed by atoms with Crippen LogP contribution in [-0.4, -0.2) is 6.61 Å². The van der Waals surface area contributed by atoms with Gasteiger partial charge in [0.1, 0.15) is 0 Å². The molecule has 2 heteroatoms. The van der Waals surface area contributed by atoms with Crippen molar-refractivity contribution in [2.24, 2.45) is 0 Å². The van der Waals surface area contributed by atoms with E-state index < -0.39 is 0 Å². The molecule has 2 radical (unpaired) electrons. The number of hydrogen-bond acceptors (Lipinski definition) is 1. The van der Waals surface area contributed by atoms with Crippen molar-refractivity contribution in [1.82, 2.24) is 0 Å². The Labute approximate surface area is 56.8 Å². The van der Waals surface area contributed by atoms with E-state index in [9.17, 15) is 5.26 Å². The lowest BCUT2D eigenvalue weighted by molar-refractivity contribution is -0.303. The van der Waals surface area contributed by atoms with Crippen LogP contribution in [0.4, 0.5) is 0 Å². The van der Waals surface area contributed by atoms with Gasteiger partial charge in [0.2, 0.25) is 0 Å². The van der Waals surface area contributed by atoms with Gasteiger partial charge in [-0.25, -0.2) is 4.89 Å². The Bertz CT molecular complexity index is 40.2. The van der Waals surface area contributed by atoms with Gasteiger partial charge in [0.25, 0.3) is 0 Å². The first-order chi connectivity index (χ1) is 4.41. The predicted octanol–water partition coefficient (Wildman–Crippen LogP) is 2.13. The molecule has 9 heavy (non-hydrogen) atoms. The van der Waals surface area contributed by atoms with Crippen LogP contribution in [0.5, 0.6) is 0 Å². The van der Waals surface area contributed by atoms with Gasteiger partial charge in [-0.15, -0.1) is 0 Å². The standard InChI is InChI=1S/C7H14O2/c1-2-3-4-5-6-7-9-8/h1-7H2. The van der Waals surface area contributed by atoms with Crippen LogP contribution >= 0.6 is 0 Å². The molecule has 0 fully saturated rings. The Balaban J connectivity index is 2.60. The third kappa shape index (κ3) is 7.92. The molecule has 54 valence electrons. The van der Waals surface area contributed by atoms with E-state index in [2.05, 4.69) is 11.8 Å². The van der Waals surface area contributed by atoms with Crippen molar-refractivity contribution in [1.29, 1.82) is 0 Å². The Morgan fingerprint density at radius 1 is 1.11 bits per heavy atom. The van der Waals surface area contributed by atoms with Crippen molar-refractivity contribution in [3.8, 4) is 0 Å². The lowest BCUT2D eigenvalue weighted by Crippen LogP contribution is -1.86. The van der Waals surface area contributed by atoms with Gasteiger partial charge < -0.3 is 0 Å². The second-order valence-electron chi connectivity index (χ2n) is 2.09. The minimum Gasteiger partial charge on any atom is -0.204 e. The number of unbranched alkanes of at least 4 members (excludes halogenated alkanes) is 4. The first kappa shape index (κ1) is 8.92. The molecule has 0 heterocycles. The number of rotatable bonds is 6. The van der Waals surface area contributed by atoms with Gasteiger partial charge in [0.05, 0.1) is 6.61 Å². The Hall–Kier alpha value is -0.0800. The molecule has 0 rings (SSSR count). The maximum Gasteiger partial charge on any atom is 0.0854 e. The summed E-state index contributed by atoms with van der Waals surface area (Å²) in [5.41, 5.74) is 0. The van der Waals surface area contributed by atoms with E-state index >= 15 is 0 Å².